The van der Waals surface area contributed by atoms with E-state index in [1.165, 1.54) is 4.90 Å². The Labute approximate surface area is 428 Å². The van der Waals surface area contributed by atoms with E-state index in [0.717, 1.165) is 89.8 Å². The third-order valence-corrected chi connectivity index (χ3v) is 16.7. The number of anilines is 1. The molecular formula is C55H65N11O6S. The second-order valence-electron chi connectivity index (χ2n) is 21.5. The summed E-state index contributed by atoms with van der Waals surface area (Å²) in [5.74, 6) is -0.0140. The second-order valence-corrected chi connectivity index (χ2v) is 22.4. The van der Waals surface area contributed by atoms with Crippen LogP contribution in [0.3, 0.4) is 0 Å². The van der Waals surface area contributed by atoms with Crippen LogP contribution < -0.4 is 21.1 Å². The number of pyridine rings is 1. The van der Waals surface area contributed by atoms with E-state index in [1.807, 2.05) is 93.8 Å². The topological polar surface area (TPSA) is 223 Å². The molecule has 73 heavy (non-hydrogen) atoms. The molecule has 4 atom stereocenters. The molecule has 3 amide bonds. The van der Waals surface area contributed by atoms with E-state index in [2.05, 4.69) is 35.7 Å². The number of aliphatic hydroxyl groups is 1. The first-order chi connectivity index (χ1) is 35.1. The standard InChI is InChI=1S/C55H65N11O6S/c1-31(33-10-12-35(13-11-33)47-32(2)58-30-73-47)59-52(71)45-24-39(67)28-66(45)53(72)48(55(3,4)5)60-50(69)36-14-16-38(17-15-36)64-21-18-34(19-22-64)37-26-56-54(57-27-37)65-23-20-40-42-25-44(41-8-6-7-9-46(41)68)62-63-49(42)61-51(70)43(40)29-65/h6-13,25-27,30-31,34,36,38-39,45,48,67-68H,14-24,28-29H2,1-5H3,(H,59,71)(H,60,69)(H,61,63,70)/t31-,36-,38+,39+,45-,48+/m0/s1. The highest BCUT2D eigenvalue weighted by Crippen LogP contribution is 2.36. The van der Waals surface area contributed by atoms with Crippen LogP contribution in [0.5, 0.6) is 5.75 Å². The molecule has 1 aliphatic carbocycles. The molecule has 10 rings (SSSR count). The normalized spacial score (nSPS) is 21.7. The zero-order valence-electron chi connectivity index (χ0n) is 42.2. The van der Waals surface area contributed by atoms with E-state index in [9.17, 15) is 29.4 Å². The molecule has 4 aromatic heterocycles. The average Bonchev–Trinajstić information content (AvgIpc) is 4.02. The molecule has 382 valence electrons. The minimum absolute atomic E-state index is 0.0225. The lowest BCUT2D eigenvalue weighted by atomic mass is 9.81. The molecule has 17 nitrogen and oxygen atoms in total. The number of phenolic OH excluding ortho intramolecular Hbond substituents is 1. The predicted molar refractivity (Wildman–Crippen MR) is 280 cm³/mol. The van der Waals surface area contributed by atoms with Crippen LogP contribution in [-0.4, -0.2) is 118 Å². The Bertz CT molecular complexity index is 3050. The number of aromatic amines is 1. The Morgan fingerprint density at radius 1 is 0.877 bits per heavy atom. The van der Waals surface area contributed by atoms with Crippen molar-refractivity contribution in [3.63, 3.8) is 0 Å². The van der Waals surface area contributed by atoms with Crippen molar-refractivity contribution in [2.45, 2.75) is 129 Å². The summed E-state index contributed by atoms with van der Waals surface area (Å²) < 4.78 is 0. The number of aromatic hydroxyl groups is 1. The van der Waals surface area contributed by atoms with Crippen molar-refractivity contribution >= 4 is 46.0 Å². The van der Waals surface area contributed by atoms with Crippen molar-refractivity contribution in [2.75, 3.05) is 31.1 Å². The monoisotopic (exact) mass is 1010 g/mol. The van der Waals surface area contributed by atoms with Gasteiger partial charge in [0.2, 0.25) is 23.7 Å². The molecule has 4 aliphatic rings. The number of aliphatic hydroxyl groups excluding tert-OH is 1. The molecule has 7 heterocycles. The number of thiazole rings is 1. The number of hydrogen-bond acceptors (Lipinski definition) is 14. The van der Waals surface area contributed by atoms with E-state index >= 15 is 0 Å². The molecule has 2 saturated heterocycles. The van der Waals surface area contributed by atoms with Gasteiger partial charge in [0.05, 0.1) is 40.5 Å². The number of nitrogens with zero attached hydrogens (tertiary/aromatic N) is 8. The van der Waals surface area contributed by atoms with E-state index in [-0.39, 0.29) is 54.0 Å². The van der Waals surface area contributed by atoms with Crippen molar-refractivity contribution in [3.05, 3.63) is 111 Å². The Kier molecular flexibility index (Phi) is 14.2. The summed E-state index contributed by atoms with van der Waals surface area (Å²) in [6, 6.07) is 15.2. The molecule has 5 N–H and O–H groups in total. The van der Waals surface area contributed by atoms with Gasteiger partial charge in [0.25, 0.3) is 5.56 Å². The number of rotatable bonds is 11. The number of carbonyl (C=O) groups excluding carboxylic acids is 3. The third kappa shape index (κ3) is 10.5. The summed E-state index contributed by atoms with van der Waals surface area (Å²) in [7, 11) is 0. The summed E-state index contributed by atoms with van der Waals surface area (Å²) in [6.07, 6.45) is 8.94. The average molecular weight is 1010 g/mol. The third-order valence-electron chi connectivity index (χ3n) is 15.7. The number of para-hydroxylation sites is 1. The first-order valence-electron chi connectivity index (χ1n) is 25.7. The summed E-state index contributed by atoms with van der Waals surface area (Å²) in [5.41, 5.74) is 8.15. The van der Waals surface area contributed by atoms with Crippen LogP contribution in [-0.2, 0) is 27.3 Å². The van der Waals surface area contributed by atoms with Crippen molar-refractivity contribution < 1.29 is 24.6 Å². The van der Waals surface area contributed by atoms with E-state index in [1.54, 1.807) is 29.5 Å². The molecule has 0 bridgehead atoms. The quantitative estimate of drug-likeness (QED) is 0.0927. The van der Waals surface area contributed by atoms with Gasteiger partial charge in [-0.1, -0.05) is 57.2 Å². The number of aryl methyl sites for hydroxylation is 1. The number of benzene rings is 2. The second kappa shape index (κ2) is 20.7. The lowest BCUT2D eigenvalue weighted by Crippen LogP contribution is -2.58. The van der Waals surface area contributed by atoms with E-state index < -0.39 is 23.6 Å². The van der Waals surface area contributed by atoms with Crippen LogP contribution in [0, 0.1) is 18.3 Å². The van der Waals surface area contributed by atoms with Gasteiger partial charge in [-0.25, -0.2) is 15.0 Å². The first-order valence-corrected chi connectivity index (χ1v) is 26.6. The highest BCUT2D eigenvalue weighted by atomic mass is 32.1. The van der Waals surface area contributed by atoms with Crippen molar-refractivity contribution in [1.82, 2.24) is 50.6 Å². The minimum Gasteiger partial charge on any atom is -0.507 e. The van der Waals surface area contributed by atoms with Gasteiger partial charge in [-0.15, -0.1) is 21.5 Å². The first kappa shape index (κ1) is 49.9. The van der Waals surface area contributed by atoms with Crippen LogP contribution in [0.4, 0.5) is 5.95 Å². The number of amides is 3. The number of fused-ring (bicyclic) bond motifs is 3. The number of carbonyl (C=O) groups is 3. The van der Waals surface area contributed by atoms with Gasteiger partial charge in [0.15, 0.2) is 5.65 Å². The van der Waals surface area contributed by atoms with E-state index in [0.29, 0.717) is 59.9 Å². The minimum atomic E-state index is -0.875. The Hall–Kier alpha value is -6.63. The number of hydrogen-bond donors (Lipinski definition) is 5. The number of piperidine rings is 1. The molecular weight excluding hydrogens is 943 g/mol. The lowest BCUT2D eigenvalue weighted by Gasteiger charge is -2.41. The van der Waals surface area contributed by atoms with Gasteiger partial charge in [-0.05, 0) is 124 Å². The zero-order chi connectivity index (χ0) is 51.1. The largest absolute Gasteiger partial charge is 0.507 e. The maximum atomic E-state index is 14.4. The summed E-state index contributed by atoms with van der Waals surface area (Å²) >= 11 is 1.59. The summed E-state index contributed by atoms with van der Waals surface area (Å²) in [5, 5.41) is 36.8. The summed E-state index contributed by atoms with van der Waals surface area (Å²) in [4.78, 5) is 79.5. The van der Waals surface area contributed by atoms with Gasteiger partial charge in [0, 0.05) is 60.4 Å². The van der Waals surface area contributed by atoms with Crippen LogP contribution >= 0.6 is 11.3 Å². The number of likely N-dealkylation sites (tertiary alicyclic amines) is 2. The van der Waals surface area contributed by atoms with Gasteiger partial charge in [-0.3, -0.25) is 19.2 Å². The fourth-order valence-corrected chi connectivity index (χ4v) is 12.3. The van der Waals surface area contributed by atoms with Crippen molar-refractivity contribution in [3.8, 4) is 27.4 Å². The molecule has 0 radical (unpaired) electrons. The number of phenols is 1. The number of β-amino-alcohol motifs (C(OH)–C–C–N with tert-alkyl or cyclic N) is 1. The van der Waals surface area contributed by atoms with Gasteiger partial charge in [0.1, 0.15) is 17.8 Å². The Balaban J connectivity index is 0.701. The number of aromatic nitrogens is 6. The smallest absolute Gasteiger partial charge is 0.254 e. The van der Waals surface area contributed by atoms with Crippen molar-refractivity contribution in [2.24, 2.45) is 11.3 Å². The summed E-state index contributed by atoms with van der Waals surface area (Å²) in [6.45, 7) is 12.6. The predicted octanol–water partition coefficient (Wildman–Crippen LogP) is 6.58. The van der Waals surface area contributed by atoms with Crippen LogP contribution in [0.15, 0.2) is 77.3 Å². The van der Waals surface area contributed by atoms with E-state index in [4.69, 9.17) is 9.97 Å². The maximum absolute atomic E-state index is 14.4. The molecule has 1 saturated carbocycles. The molecule has 3 aliphatic heterocycles. The Morgan fingerprint density at radius 2 is 1.60 bits per heavy atom. The molecule has 6 aromatic rings. The SMILES string of the molecule is Cc1ncsc1-c1ccc([C@H](C)NC(=O)[C@@H]2C[C@@H](O)CN2C(=O)[C@@H](NC(=O)[C@H]2CC[C@@H](N3CCC(c4cnc(N5CCc6c(c(=O)[nH]c7nnc(-c8ccccc8O)cc67)C5)nc4)CC3)CC2)C(C)(C)C)cc1. The number of nitrogens with one attached hydrogen (secondary N) is 3. The van der Waals surface area contributed by atoms with Crippen LogP contribution in [0.25, 0.3) is 32.7 Å². The highest BCUT2D eigenvalue weighted by molar-refractivity contribution is 7.13. The molecule has 3 fully saturated rings. The lowest BCUT2D eigenvalue weighted by molar-refractivity contribution is -0.145. The van der Waals surface area contributed by atoms with Crippen molar-refractivity contribution in [1.29, 1.82) is 0 Å². The highest BCUT2D eigenvalue weighted by Gasteiger charge is 2.45. The molecule has 18 heteroatoms. The molecule has 0 spiro atoms. The van der Waals surface area contributed by atoms with Gasteiger partial charge < -0.3 is 40.5 Å². The maximum Gasteiger partial charge on any atom is 0.254 e. The Morgan fingerprint density at radius 3 is 2.29 bits per heavy atom. The van der Waals surface area contributed by atoms with Crippen LogP contribution in [0.1, 0.15) is 113 Å². The van der Waals surface area contributed by atoms with Crippen LogP contribution in [0.2, 0.25) is 0 Å². The number of H-pyrrole nitrogens is 1. The molecule has 0 unspecified atom stereocenters. The fraction of sp³-hybridized carbons (Fsp3) is 0.473. The zero-order valence-corrected chi connectivity index (χ0v) is 43.0. The fourth-order valence-electron chi connectivity index (χ4n) is 11.4. The molecule has 2 aromatic carbocycles. The van der Waals surface area contributed by atoms with Gasteiger partial charge >= 0.3 is 0 Å². The van der Waals surface area contributed by atoms with Gasteiger partial charge in [-0.2, -0.15) is 0 Å².